The fourth-order valence-electron chi connectivity index (χ4n) is 1.90. The Bertz CT molecular complexity index is 421. The molecule has 3 heteroatoms. The van der Waals surface area contributed by atoms with Crippen LogP contribution in [-0.2, 0) is 11.2 Å². The van der Waals surface area contributed by atoms with Crippen LogP contribution in [-0.4, -0.2) is 12.1 Å². The Labute approximate surface area is 95.4 Å². The van der Waals surface area contributed by atoms with Gasteiger partial charge in [0.1, 0.15) is 6.29 Å². The van der Waals surface area contributed by atoms with Gasteiger partial charge in [-0.05, 0) is 36.6 Å². The van der Waals surface area contributed by atoms with Crippen LogP contribution in [0, 0.1) is 6.92 Å². The van der Waals surface area contributed by atoms with Crippen molar-refractivity contribution in [3.63, 3.8) is 0 Å². The van der Waals surface area contributed by atoms with Crippen molar-refractivity contribution in [1.82, 2.24) is 0 Å². The Morgan fingerprint density at radius 3 is 2.50 bits per heavy atom. The zero-order chi connectivity index (χ0) is 11.8. The Hall–Kier alpha value is -1.51. The molecule has 0 N–H and O–H groups in total. The van der Waals surface area contributed by atoms with Gasteiger partial charge in [-0.25, -0.2) is 0 Å². The van der Waals surface area contributed by atoms with Crippen LogP contribution in [0.25, 0.3) is 0 Å². The van der Waals surface area contributed by atoms with Crippen molar-refractivity contribution in [1.29, 1.82) is 0 Å². The van der Waals surface area contributed by atoms with Gasteiger partial charge in [-0.15, -0.1) is 0 Å². The number of fused-ring (bicyclic) bond motifs is 1. The fraction of sp³-hybridized carbons (Fsp3) is 0.462. The zero-order valence-electron chi connectivity index (χ0n) is 9.87. The molecule has 0 bridgehead atoms. The zero-order valence-corrected chi connectivity index (χ0v) is 9.87. The van der Waals surface area contributed by atoms with Crippen molar-refractivity contribution in [2.75, 3.05) is 0 Å². The van der Waals surface area contributed by atoms with E-state index >= 15 is 0 Å². The van der Waals surface area contributed by atoms with Crippen molar-refractivity contribution >= 4 is 6.29 Å². The van der Waals surface area contributed by atoms with E-state index in [0.29, 0.717) is 6.42 Å². The molecule has 1 aliphatic heterocycles. The maximum Gasteiger partial charge on any atom is 0.246 e. The first kappa shape index (κ1) is 11.0. The molecule has 3 nitrogen and oxygen atoms in total. The smallest absolute Gasteiger partial charge is 0.246 e. The minimum Gasteiger partial charge on any atom is -0.449 e. The van der Waals surface area contributed by atoms with Crippen LogP contribution in [0.1, 0.15) is 31.4 Å². The number of ether oxygens (including phenoxy) is 2. The lowest BCUT2D eigenvalue weighted by Crippen LogP contribution is -2.29. The summed E-state index contributed by atoms with van der Waals surface area (Å²) in [5, 5.41) is 0. The van der Waals surface area contributed by atoms with Gasteiger partial charge in [0.25, 0.3) is 0 Å². The first-order valence-corrected chi connectivity index (χ1v) is 5.47. The highest BCUT2D eigenvalue weighted by atomic mass is 16.7. The first-order valence-electron chi connectivity index (χ1n) is 5.47. The molecule has 0 fully saturated rings. The van der Waals surface area contributed by atoms with Gasteiger partial charge >= 0.3 is 0 Å². The Kier molecular flexibility index (Phi) is 2.62. The minimum absolute atomic E-state index is 0.546. The van der Waals surface area contributed by atoms with Crippen LogP contribution in [0.3, 0.4) is 0 Å². The summed E-state index contributed by atoms with van der Waals surface area (Å²) in [7, 11) is 0. The van der Waals surface area contributed by atoms with E-state index < -0.39 is 5.79 Å². The van der Waals surface area contributed by atoms with Crippen LogP contribution in [0.4, 0.5) is 0 Å². The van der Waals surface area contributed by atoms with Crippen molar-refractivity contribution < 1.29 is 14.3 Å². The molecule has 0 aromatic heterocycles. The summed E-state index contributed by atoms with van der Waals surface area (Å²) in [5.41, 5.74) is 2.29. The molecule has 86 valence electrons. The van der Waals surface area contributed by atoms with Gasteiger partial charge < -0.3 is 14.3 Å². The summed E-state index contributed by atoms with van der Waals surface area (Å²) in [5.74, 6) is 0.978. The molecular weight excluding hydrogens is 204 g/mol. The third kappa shape index (κ3) is 2.03. The highest BCUT2D eigenvalue weighted by Crippen LogP contribution is 2.40. The molecule has 16 heavy (non-hydrogen) atoms. The number of benzene rings is 1. The normalized spacial score (nSPS) is 16.2. The van der Waals surface area contributed by atoms with Crippen LogP contribution < -0.4 is 9.47 Å². The molecule has 1 heterocycles. The predicted molar refractivity (Wildman–Crippen MR) is 60.9 cm³/mol. The minimum atomic E-state index is -0.585. The molecule has 0 atom stereocenters. The standard InChI is InChI=1S/C13H16O3/c1-9-7-11-12(16-13(2,3)15-11)8-10(9)5-4-6-14/h6-8H,4-5H2,1-3H3. The van der Waals surface area contributed by atoms with Gasteiger partial charge in [-0.3, -0.25) is 0 Å². The van der Waals surface area contributed by atoms with E-state index in [-0.39, 0.29) is 0 Å². The number of hydrogen-bond acceptors (Lipinski definition) is 3. The van der Waals surface area contributed by atoms with E-state index in [4.69, 9.17) is 9.47 Å². The molecule has 0 saturated carbocycles. The monoisotopic (exact) mass is 220 g/mol. The number of aldehydes is 1. The topological polar surface area (TPSA) is 35.5 Å². The van der Waals surface area contributed by atoms with Gasteiger partial charge in [0, 0.05) is 20.3 Å². The molecule has 0 unspecified atom stereocenters. The van der Waals surface area contributed by atoms with Gasteiger partial charge in [-0.1, -0.05) is 0 Å². The van der Waals surface area contributed by atoms with Crippen molar-refractivity contribution in [2.45, 2.75) is 39.4 Å². The van der Waals surface area contributed by atoms with Gasteiger partial charge in [-0.2, -0.15) is 0 Å². The molecule has 1 aromatic carbocycles. The lowest BCUT2D eigenvalue weighted by atomic mass is 10.0. The highest BCUT2D eigenvalue weighted by Gasteiger charge is 2.32. The predicted octanol–water partition coefficient (Wildman–Crippen LogP) is 2.63. The summed E-state index contributed by atoms with van der Waals surface area (Å²) >= 11 is 0. The third-order valence-electron chi connectivity index (χ3n) is 2.65. The number of carbonyl (C=O) groups is 1. The van der Waals surface area contributed by atoms with Crippen molar-refractivity contribution in [2.24, 2.45) is 0 Å². The first-order chi connectivity index (χ1) is 7.52. The van der Waals surface area contributed by atoms with Crippen molar-refractivity contribution in [3.05, 3.63) is 23.3 Å². The van der Waals surface area contributed by atoms with E-state index in [1.54, 1.807) is 0 Å². The van der Waals surface area contributed by atoms with E-state index in [1.807, 2.05) is 32.9 Å². The number of hydrogen-bond donors (Lipinski definition) is 0. The highest BCUT2D eigenvalue weighted by molar-refractivity contribution is 5.53. The molecule has 2 rings (SSSR count). The molecule has 0 radical (unpaired) electrons. The molecule has 0 amide bonds. The summed E-state index contributed by atoms with van der Waals surface area (Å²) in [6.07, 6.45) is 2.24. The van der Waals surface area contributed by atoms with E-state index in [1.165, 1.54) is 0 Å². The lowest BCUT2D eigenvalue weighted by Gasteiger charge is -2.16. The summed E-state index contributed by atoms with van der Waals surface area (Å²) < 4.78 is 11.3. The molecule has 1 aliphatic rings. The van der Waals surface area contributed by atoms with Crippen LogP contribution in [0.5, 0.6) is 11.5 Å². The molecular formula is C13H16O3. The fourth-order valence-corrected chi connectivity index (χ4v) is 1.90. The Morgan fingerprint density at radius 2 is 1.88 bits per heavy atom. The number of aryl methyl sites for hydroxylation is 2. The summed E-state index contributed by atoms with van der Waals surface area (Å²) in [6.45, 7) is 5.79. The average Bonchev–Trinajstić information content (AvgIpc) is 2.47. The second-order valence-corrected chi connectivity index (χ2v) is 4.53. The maximum absolute atomic E-state index is 10.4. The summed E-state index contributed by atoms with van der Waals surface area (Å²) in [6, 6.07) is 3.95. The largest absolute Gasteiger partial charge is 0.449 e. The van der Waals surface area contributed by atoms with Crippen molar-refractivity contribution in [3.8, 4) is 11.5 Å². The van der Waals surface area contributed by atoms with Gasteiger partial charge in [0.15, 0.2) is 11.5 Å². The van der Waals surface area contributed by atoms with Crippen LogP contribution >= 0.6 is 0 Å². The quantitative estimate of drug-likeness (QED) is 0.734. The maximum atomic E-state index is 10.4. The van der Waals surface area contributed by atoms with E-state index in [9.17, 15) is 4.79 Å². The summed E-state index contributed by atoms with van der Waals surface area (Å²) in [4.78, 5) is 10.4. The van der Waals surface area contributed by atoms with Gasteiger partial charge in [0.05, 0.1) is 0 Å². The number of rotatable bonds is 3. The Morgan fingerprint density at radius 1 is 1.25 bits per heavy atom. The van der Waals surface area contributed by atoms with Gasteiger partial charge in [0.2, 0.25) is 5.79 Å². The molecule has 0 saturated heterocycles. The lowest BCUT2D eigenvalue weighted by molar-refractivity contribution is -0.107. The number of carbonyl (C=O) groups excluding carboxylic acids is 1. The molecule has 0 spiro atoms. The van der Waals surface area contributed by atoms with E-state index in [0.717, 1.165) is 35.3 Å². The van der Waals surface area contributed by atoms with E-state index in [2.05, 4.69) is 0 Å². The average molecular weight is 220 g/mol. The third-order valence-corrected chi connectivity index (χ3v) is 2.65. The molecule has 0 aliphatic carbocycles. The SMILES string of the molecule is Cc1cc2c(cc1CCC=O)OC(C)(C)O2. The van der Waals surface area contributed by atoms with Crippen LogP contribution in [0.15, 0.2) is 12.1 Å². The Balaban J connectivity index is 2.29. The second kappa shape index (κ2) is 3.81. The van der Waals surface area contributed by atoms with Crippen LogP contribution in [0.2, 0.25) is 0 Å². The second-order valence-electron chi connectivity index (χ2n) is 4.53. The molecule has 1 aromatic rings.